The van der Waals surface area contributed by atoms with Crippen molar-refractivity contribution in [3.8, 4) is 0 Å². The molecule has 1 N–H and O–H groups in total. The van der Waals surface area contributed by atoms with Crippen LogP contribution in [0.1, 0.15) is 39.5 Å². The van der Waals surface area contributed by atoms with E-state index in [9.17, 15) is 0 Å². The van der Waals surface area contributed by atoms with Crippen molar-refractivity contribution < 1.29 is 9.84 Å². The van der Waals surface area contributed by atoms with Crippen molar-refractivity contribution in [1.29, 1.82) is 0 Å². The minimum Gasteiger partial charge on any atom is -0.368 e. The Kier molecular flexibility index (Phi) is 2.32. The number of rotatable bonds is 2. The van der Waals surface area contributed by atoms with Crippen molar-refractivity contribution in [2.75, 3.05) is 0 Å². The van der Waals surface area contributed by atoms with Crippen LogP contribution in [0.5, 0.6) is 0 Å². The van der Waals surface area contributed by atoms with E-state index in [1.54, 1.807) is 6.92 Å². The molecule has 60 valence electrons. The van der Waals surface area contributed by atoms with Crippen LogP contribution in [0.3, 0.4) is 0 Å². The van der Waals surface area contributed by atoms with Crippen molar-refractivity contribution in [2.45, 2.75) is 51.4 Å². The van der Waals surface area contributed by atoms with E-state index in [4.69, 9.17) is 9.84 Å². The van der Waals surface area contributed by atoms with Gasteiger partial charge in [-0.05, 0) is 26.7 Å². The van der Waals surface area contributed by atoms with Gasteiger partial charge in [0.15, 0.2) is 6.29 Å². The topological polar surface area (TPSA) is 29.5 Å². The molecule has 1 atom stereocenters. The zero-order valence-corrected chi connectivity index (χ0v) is 6.76. The van der Waals surface area contributed by atoms with Crippen LogP contribution in [-0.4, -0.2) is 17.0 Å². The predicted octanol–water partition coefficient (Wildman–Crippen LogP) is 1.67. The standard InChI is InChI=1S/C8H16O2/c1-7(9)10-8(2)5-3-4-6-8/h7,9H,3-6H2,1-2H3. The van der Waals surface area contributed by atoms with Crippen LogP contribution in [0.2, 0.25) is 0 Å². The van der Waals surface area contributed by atoms with Crippen LogP contribution in [0, 0.1) is 0 Å². The van der Waals surface area contributed by atoms with Crippen molar-refractivity contribution in [3.05, 3.63) is 0 Å². The molecule has 0 spiro atoms. The molecule has 1 fully saturated rings. The van der Waals surface area contributed by atoms with E-state index in [2.05, 4.69) is 6.92 Å². The molecule has 0 amide bonds. The van der Waals surface area contributed by atoms with Crippen molar-refractivity contribution in [3.63, 3.8) is 0 Å². The smallest absolute Gasteiger partial charge is 0.152 e. The van der Waals surface area contributed by atoms with Gasteiger partial charge >= 0.3 is 0 Å². The zero-order chi connectivity index (χ0) is 7.61. The van der Waals surface area contributed by atoms with Crippen LogP contribution < -0.4 is 0 Å². The lowest BCUT2D eigenvalue weighted by atomic mass is 10.1. The molecule has 2 heteroatoms. The highest BCUT2D eigenvalue weighted by Crippen LogP contribution is 2.33. The van der Waals surface area contributed by atoms with Crippen LogP contribution in [0.25, 0.3) is 0 Å². The average molecular weight is 144 g/mol. The summed E-state index contributed by atoms with van der Waals surface area (Å²) in [6, 6.07) is 0. The van der Waals surface area contributed by atoms with Gasteiger partial charge in [0.25, 0.3) is 0 Å². The van der Waals surface area contributed by atoms with Crippen LogP contribution in [-0.2, 0) is 4.74 Å². The van der Waals surface area contributed by atoms with Crippen LogP contribution in [0.15, 0.2) is 0 Å². The highest BCUT2D eigenvalue weighted by molar-refractivity contribution is 4.81. The summed E-state index contributed by atoms with van der Waals surface area (Å²) in [7, 11) is 0. The second-order valence-corrected chi connectivity index (χ2v) is 3.37. The Morgan fingerprint density at radius 2 is 1.90 bits per heavy atom. The molecule has 2 nitrogen and oxygen atoms in total. The average Bonchev–Trinajstić information content (AvgIpc) is 2.12. The van der Waals surface area contributed by atoms with Gasteiger partial charge in [-0.25, -0.2) is 0 Å². The van der Waals surface area contributed by atoms with Crippen LogP contribution in [0.4, 0.5) is 0 Å². The fourth-order valence-electron chi connectivity index (χ4n) is 1.65. The van der Waals surface area contributed by atoms with E-state index in [1.165, 1.54) is 12.8 Å². The third-order valence-electron chi connectivity index (χ3n) is 2.12. The van der Waals surface area contributed by atoms with Gasteiger partial charge in [-0.2, -0.15) is 0 Å². The molecule has 0 aromatic heterocycles. The van der Waals surface area contributed by atoms with E-state index in [0.717, 1.165) is 12.8 Å². The van der Waals surface area contributed by atoms with Gasteiger partial charge in [-0.15, -0.1) is 0 Å². The molecule has 1 unspecified atom stereocenters. The summed E-state index contributed by atoms with van der Waals surface area (Å²) < 4.78 is 5.35. The van der Waals surface area contributed by atoms with Gasteiger partial charge in [0.1, 0.15) is 0 Å². The van der Waals surface area contributed by atoms with Crippen molar-refractivity contribution in [1.82, 2.24) is 0 Å². The number of aliphatic hydroxyl groups is 1. The molecule has 1 rings (SSSR count). The Labute approximate surface area is 62.2 Å². The lowest BCUT2D eigenvalue weighted by Crippen LogP contribution is -2.28. The number of hydrogen-bond acceptors (Lipinski definition) is 2. The minimum absolute atomic E-state index is 0.0336. The summed E-state index contributed by atoms with van der Waals surface area (Å²) in [5.74, 6) is 0. The monoisotopic (exact) mass is 144 g/mol. The Balaban J connectivity index is 2.36. The number of ether oxygens (including phenoxy) is 1. The third kappa shape index (κ3) is 1.96. The largest absolute Gasteiger partial charge is 0.368 e. The zero-order valence-electron chi connectivity index (χ0n) is 6.76. The second-order valence-electron chi connectivity index (χ2n) is 3.37. The lowest BCUT2D eigenvalue weighted by molar-refractivity contribution is -0.166. The summed E-state index contributed by atoms with van der Waals surface area (Å²) in [5.41, 5.74) is -0.0336. The molecular weight excluding hydrogens is 128 g/mol. The first kappa shape index (κ1) is 8.02. The normalized spacial score (nSPS) is 26.7. The Morgan fingerprint density at radius 3 is 2.30 bits per heavy atom. The van der Waals surface area contributed by atoms with Gasteiger partial charge in [-0.3, -0.25) is 0 Å². The number of aliphatic hydroxyl groups excluding tert-OH is 1. The maximum absolute atomic E-state index is 8.96. The molecule has 10 heavy (non-hydrogen) atoms. The maximum atomic E-state index is 8.96. The summed E-state index contributed by atoms with van der Waals surface area (Å²) in [6.45, 7) is 3.75. The molecule has 1 aliphatic carbocycles. The SMILES string of the molecule is CC(O)OC1(C)CCCC1. The third-order valence-corrected chi connectivity index (χ3v) is 2.12. The van der Waals surface area contributed by atoms with Gasteiger partial charge in [0.2, 0.25) is 0 Å². The van der Waals surface area contributed by atoms with Crippen molar-refractivity contribution >= 4 is 0 Å². The fourth-order valence-corrected chi connectivity index (χ4v) is 1.65. The molecule has 0 aromatic carbocycles. The highest BCUT2D eigenvalue weighted by Gasteiger charge is 2.30. The Bertz CT molecular complexity index is 104. The van der Waals surface area contributed by atoms with Crippen LogP contribution >= 0.6 is 0 Å². The van der Waals surface area contributed by atoms with E-state index in [-0.39, 0.29) is 5.60 Å². The summed E-state index contributed by atoms with van der Waals surface area (Å²) in [6.07, 6.45) is 4.06. The van der Waals surface area contributed by atoms with E-state index in [1.807, 2.05) is 0 Å². The van der Waals surface area contributed by atoms with Gasteiger partial charge < -0.3 is 9.84 Å². The first-order valence-electron chi connectivity index (χ1n) is 3.98. The fraction of sp³-hybridized carbons (Fsp3) is 1.00. The van der Waals surface area contributed by atoms with E-state index >= 15 is 0 Å². The quantitative estimate of drug-likeness (QED) is 0.597. The molecule has 0 aliphatic heterocycles. The van der Waals surface area contributed by atoms with Gasteiger partial charge in [0.05, 0.1) is 5.60 Å². The molecule has 1 aliphatic rings. The molecule has 0 saturated heterocycles. The Hall–Kier alpha value is -0.0800. The van der Waals surface area contributed by atoms with Gasteiger partial charge in [-0.1, -0.05) is 12.8 Å². The molecule has 0 bridgehead atoms. The van der Waals surface area contributed by atoms with E-state index < -0.39 is 6.29 Å². The summed E-state index contributed by atoms with van der Waals surface area (Å²) in [4.78, 5) is 0. The second kappa shape index (κ2) is 2.89. The molecular formula is C8H16O2. The summed E-state index contributed by atoms with van der Waals surface area (Å²) in [5, 5.41) is 8.96. The predicted molar refractivity (Wildman–Crippen MR) is 39.6 cm³/mol. The first-order chi connectivity index (χ1) is 4.62. The lowest BCUT2D eigenvalue weighted by Gasteiger charge is -2.25. The van der Waals surface area contributed by atoms with Crippen molar-refractivity contribution in [2.24, 2.45) is 0 Å². The Morgan fingerprint density at radius 1 is 1.40 bits per heavy atom. The molecule has 0 aromatic rings. The minimum atomic E-state index is -0.608. The first-order valence-corrected chi connectivity index (χ1v) is 3.98. The van der Waals surface area contributed by atoms with E-state index in [0.29, 0.717) is 0 Å². The molecule has 0 radical (unpaired) electrons. The molecule has 1 saturated carbocycles. The summed E-state index contributed by atoms with van der Waals surface area (Å²) >= 11 is 0. The highest BCUT2D eigenvalue weighted by atomic mass is 16.6. The maximum Gasteiger partial charge on any atom is 0.152 e. The number of hydrogen-bond donors (Lipinski definition) is 1. The molecule has 0 heterocycles. The van der Waals surface area contributed by atoms with Gasteiger partial charge in [0, 0.05) is 0 Å².